The van der Waals surface area contributed by atoms with Crippen LogP contribution in [0.25, 0.3) is 6.20 Å². The Hall–Kier alpha value is -0.570. The smallest absolute Gasteiger partial charge is 0.248 e. The van der Waals surface area contributed by atoms with Crippen LogP contribution in [-0.2, 0) is 6.54 Å². The summed E-state index contributed by atoms with van der Waals surface area (Å²) in [5, 5.41) is 0. The van der Waals surface area contributed by atoms with E-state index in [4.69, 9.17) is 0 Å². The zero-order valence-electron chi connectivity index (χ0n) is 6.70. The van der Waals surface area contributed by atoms with Gasteiger partial charge in [0.15, 0.2) is 0 Å². The summed E-state index contributed by atoms with van der Waals surface area (Å²) in [5.74, 6) is 0. The van der Waals surface area contributed by atoms with Crippen molar-refractivity contribution in [1.29, 1.82) is 0 Å². The molecule has 0 fully saturated rings. The maximum atomic E-state index is 3.65. The van der Waals surface area contributed by atoms with Crippen molar-refractivity contribution < 1.29 is 21.5 Å². The Morgan fingerprint density at radius 3 is 2.82 bits per heavy atom. The molecule has 1 aromatic heterocycles. The summed E-state index contributed by atoms with van der Waals surface area (Å²) in [6, 6.07) is 0. The third kappa shape index (κ3) is 2.89. The lowest BCUT2D eigenvalue weighted by Crippen LogP contribution is -3.00. The molecule has 2 nitrogen and oxygen atoms in total. The Kier molecular flexibility index (Phi) is 4.86. The normalized spacial score (nSPS) is 8.82. The Labute approximate surface area is 77.9 Å². The summed E-state index contributed by atoms with van der Waals surface area (Å²) >= 11 is 0. The molecule has 0 radical (unpaired) electrons. The minimum Gasteiger partial charge on any atom is -1.00 e. The fourth-order valence-corrected chi connectivity index (χ4v) is 0.909. The lowest BCUT2D eigenvalue weighted by molar-refractivity contribution is -0.696. The first-order valence-electron chi connectivity index (χ1n) is 3.56. The number of halogens is 1. The van der Waals surface area contributed by atoms with Gasteiger partial charge in [0.25, 0.3) is 0 Å². The zero-order chi connectivity index (χ0) is 7.40. The average Bonchev–Trinajstić information content (AvgIpc) is 2.37. The highest BCUT2D eigenvalue weighted by atomic mass is 79.9. The molecule has 0 aliphatic rings. The van der Waals surface area contributed by atoms with Gasteiger partial charge in [0.05, 0.1) is 12.7 Å². The van der Waals surface area contributed by atoms with Gasteiger partial charge in [-0.15, -0.1) is 0 Å². The van der Waals surface area contributed by atoms with Crippen molar-refractivity contribution in [2.24, 2.45) is 0 Å². The van der Waals surface area contributed by atoms with Gasteiger partial charge in [-0.3, -0.25) is 0 Å². The van der Waals surface area contributed by atoms with Gasteiger partial charge in [-0.2, -0.15) is 0 Å². The van der Waals surface area contributed by atoms with Gasteiger partial charge in [-0.25, -0.2) is 9.13 Å². The predicted molar refractivity (Wildman–Crippen MR) is 41.3 cm³/mol. The van der Waals surface area contributed by atoms with E-state index in [2.05, 4.69) is 18.1 Å². The first kappa shape index (κ1) is 10.4. The van der Waals surface area contributed by atoms with Gasteiger partial charge in [-0.1, -0.05) is 13.5 Å². The molecule has 0 aliphatic carbocycles. The van der Waals surface area contributed by atoms with E-state index in [-0.39, 0.29) is 17.0 Å². The van der Waals surface area contributed by atoms with Crippen molar-refractivity contribution in [2.75, 3.05) is 0 Å². The maximum Gasteiger partial charge on any atom is 0.248 e. The SMILES string of the molecule is C=Cn1cc[n+](CCC)c1.[Br-]. The maximum absolute atomic E-state index is 3.65. The monoisotopic (exact) mass is 216 g/mol. The molecule has 3 heteroatoms. The third-order valence-electron chi connectivity index (χ3n) is 1.40. The van der Waals surface area contributed by atoms with Crippen LogP contribution in [0.2, 0.25) is 0 Å². The highest BCUT2D eigenvalue weighted by Crippen LogP contribution is 1.83. The molecule has 0 amide bonds. The first-order valence-corrected chi connectivity index (χ1v) is 3.56. The number of hydrogen-bond acceptors (Lipinski definition) is 0. The minimum absolute atomic E-state index is 0. The van der Waals surface area contributed by atoms with Gasteiger partial charge >= 0.3 is 0 Å². The summed E-state index contributed by atoms with van der Waals surface area (Å²) < 4.78 is 4.08. The van der Waals surface area contributed by atoms with Gasteiger partial charge in [0.2, 0.25) is 6.33 Å². The standard InChI is InChI=1S/C8H13N2.BrH/c1-3-5-10-7-6-9(4-2)8-10;/h4,6-8H,2-3,5H2,1H3;1H/q+1;/p-1. The first-order chi connectivity index (χ1) is 4.86. The molecule has 0 saturated carbocycles. The van der Waals surface area contributed by atoms with E-state index in [9.17, 15) is 0 Å². The Balaban J connectivity index is 0.000001000. The molecule has 0 N–H and O–H groups in total. The van der Waals surface area contributed by atoms with E-state index >= 15 is 0 Å². The van der Waals surface area contributed by atoms with Crippen molar-refractivity contribution in [2.45, 2.75) is 19.9 Å². The fourth-order valence-electron chi connectivity index (χ4n) is 0.909. The summed E-state index contributed by atoms with van der Waals surface area (Å²) in [6.45, 7) is 6.90. The van der Waals surface area contributed by atoms with E-state index in [0.717, 1.165) is 6.54 Å². The van der Waals surface area contributed by atoms with Crippen molar-refractivity contribution in [3.05, 3.63) is 25.3 Å². The molecule has 0 spiro atoms. The molecule has 0 aromatic carbocycles. The molecule has 0 bridgehead atoms. The van der Waals surface area contributed by atoms with Crippen LogP contribution in [0, 0.1) is 0 Å². The zero-order valence-corrected chi connectivity index (χ0v) is 8.29. The van der Waals surface area contributed by atoms with Crippen molar-refractivity contribution in [3.63, 3.8) is 0 Å². The van der Waals surface area contributed by atoms with Crippen molar-refractivity contribution in [3.8, 4) is 0 Å². The molecule has 0 saturated heterocycles. The summed E-state index contributed by atoms with van der Waals surface area (Å²) in [5.41, 5.74) is 0. The van der Waals surface area contributed by atoms with Crippen LogP contribution in [-0.4, -0.2) is 4.57 Å². The molecule has 0 aliphatic heterocycles. The van der Waals surface area contributed by atoms with Crippen LogP contribution in [0.3, 0.4) is 0 Å². The highest BCUT2D eigenvalue weighted by Gasteiger charge is 1.96. The lowest BCUT2D eigenvalue weighted by atomic mass is 10.5. The molecule has 0 unspecified atom stereocenters. The average molecular weight is 217 g/mol. The number of rotatable bonds is 3. The van der Waals surface area contributed by atoms with Gasteiger partial charge in [0.1, 0.15) is 12.4 Å². The number of aromatic nitrogens is 2. The van der Waals surface area contributed by atoms with E-state index < -0.39 is 0 Å². The van der Waals surface area contributed by atoms with Crippen LogP contribution in [0.4, 0.5) is 0 Å². The van der Waals surface area contributed by atoms with Crippen molar-refractivity contribution >= 4 is 6.20 Å². The van der Waals surface area contributed by atoms with Crippen LogP contribution in [0.15, 0.2) is 25.3 Å². The van der Waals surface area contributed by atoms with Crippen LogP contribution in [0.5, 0.6) is 0 Å². The topological polar surface area (TPSA) is 8.81 Å². The van der Waals surface area contributed by atoms with Gasteiger partial charge in [0, 0.05) is 0 Å². The molecule has 62 valence electrons. The van der Waals surface area contributed by atoms with E-state index in [1.807, 2.05) is 23.3 Å². The fraction of sp³-hybridized carbons (Fsp3) is 0.375. The van der Waals surface area contributed by atoms with Crippen LogP contribution < -0.4 is 21.5 Å². The van der Waals surface area contributed by atoms with Gasteiger partial charge in [-0.05, 0) is 6.42 Å². The lowest BCUT2D eigenvalue weighted by Gasteiger charge is -1.86. The van der Waals surface area contributed by atoms with Crippen LogP contribution >= 0.6 is 0 Å². The molecule has 0 atom stereocenters. The number of aryl methyl sites for hydroxylation is 1. The van der Waals surface area contributed by atoms with Crippen LogP contribution in [0.1, 0.15) is 13.3 Å². The van der Waals surface area contributed by atoms with E-state index in [0.29, 0.717) is 0 Å². The summed E-state index contributed by atoms with van der Waals surface area (Å²) in [6.07, 6.45) is 9.02. The molecule has 1 aromatic rings. The largest absolute Gasteiger partial charge is 1.00 e. The summed E-state index contributed by atoms with van der Waals surface area (Å²) in [4.78, 5) is 0. The van der Waals surface area contributed by atoms with Crippen molar-refractivity contribution in [1.82, 2.24) is 4.57 Å². The predicted octanol–water partition coefficient (Wildman–Crippen LogP) is -1.71. The minimum atomic E-state index is 0. The Morgan fingerprint density at radius 2 is 2.36 bits per heavy atom. The second kappa shape index (κ2) is 5.13. The number of imidazole rings is 1. The second-order valence-electron chi connectivity index (χ2n) is 2.28. The molecular weight excluding hydrogens is 204 g/mol. The number of hydrogen-bond donors (Lipinski definition) is 0. The Morgan fingerprint density at radius 1 is 1.64 bits per heavy atom. The Bertz CT molecular complexity index is 218. The summed E-state index contributed by atoms with van der Waals surface area (Å²) in [7, 11) is 0. The molecule has 11 heavy (non-hydrogen) atoms. The quantitative estimate of drug-likeness (QED) is 0.533. The molecule has 1 heterocycles. The number of nitrogens with zero attached hydrogens (tertiary/aromatic N) is 2. The third-order valence-corrected chi connectivity index (χ3v) is 1.40. The van der Waals surface area contributed by atoms with E-state index in [1.54, 1.807) is 6.20 Å². The van der Waals surface area contributed by atoms with Gasteiger partial charge < -0.3 is 17.0 Å². The second-order valence-corrected chi connectivity index (χ2v) is 2.28. The van der Waals surface area contributed by atoms with E-state index in [1.165, 1.54) is 6.42 Å². The highest BCUT2D eigenvalue weighted by molar-refractivity contribution is 5.12. The molecule has 1 rings (SSSR count). The molecular formula is C8H13BrN2.